The Morgan fingerprint density at radius 3 is 2.83 bits per heavy atom. The Balaban J connectivity index is 1.28. The molecule has 4 aromatic rings. The lowest BCUT2D eigenvalue weighted by molar-refractivity contribution is -0.116. The molecule has 0 spiro atoms. The van der Waals surface area contributed by atoms with Gasteiger partial charge in [-0.2, -0.15) is 10.2 Å². The molecule has 3 heterocycles. The number of benzene rings is 1. The van der Waals surface area contributed by atoms with E-state index in [4.69, 9.17) is 0 Å². The largest absolute Gasteiger partial charge is 0.325 e. The molecule has 0 bridgehead atoms. The van der Waals surface area contributed by atoms with Crippen LogP contribution in [0.15, 0.2) is 41.6 Å². The lowest BCUT2D eigenvalue weighted by Gasteiger charge is -2.07. The third kappa shape index (κ3) is 3.28. The summed E-state index contributed by atoms with van der Waals surface area (Å²) in [5.74, 6) is 1.77. The first-order valence-corrected chi connectivity index (χ1v) is 9.28. The maximum Gasteiger partial charge on any atom is 0.264 e. The molecule has 1 aromatic carbocycles. The van der Waals surface area contributed by atoms with E-state index < -0.39 is 0 Å². The third-order valence-electron chi connectivity index (χ3n) is 4.93. The van der Waals surface area contributed by atoms with Crippen molar-refractivity contribution in [3.05, 3.63) is 53.0 Å². The number of nitrogens with zero attached hydrogens (tertiary/aromatic N) is 6. The van der Waals surface area contributed by atoms with E-state index in [1.54, 1.807) is 19.2 Å². The molecule has 0 saturated heterocycles. The fraction of sp³-hybridized carbons (Fsp3) is 0.263. The van der Waals surface area contributed by atoms with Crippen LogP contribution in [0.4, 0.5) is 5.69 Å². The SMILES string of the molecule is Cn1ncc2c(=O)n(CC(=O)Nc3ccc(-c4n[nH]c(C5CC5)n4)cc3)cnc21. The molecule has 146 valence electrons. The minimum absolute atomic E-state index is 0.135. The number of aromatic nitrogens is 7. The predicted octanol–water partition coefficient (Wildman–Crippen LogP) is 1.43. The normalized spacial score (nSPS) is 13.7. The molecule has 10 heteroatoms. The number of fused-ring (bicyclic) bond motifs is 1. The molecular formula is C19H18N8O2. The molecule has 10 nitrogen and oxygen atoms in total. The van der Waals surface area contributed by atoms with Crippen LogP contribution in [0.1, 0.15) is 24.6 Å². The molecule has 29 heavy (non-hydrogen) atoms. The number of aryl methyl sites for hydroxylation is 1. The van der Waals surface area contributed by atoms with Gasteiger partial charge in [-0.1, -0.05) is 0 Å². The second-order valence-corrected chi connectivity index (χ2v) is 7.13. The number of hydrogen-bond donors (Lipinski definition) is 2. The first kappa shape index (κ1) is 17.3. The number of rotatable bonds is 5. The third-order valence-corrected chi connectivity index (χ3v) is 4.93. The number of H-pyrrole nitrogens is 1. The summed E-state index contributed by atoms with van der Waals surface area (Å²) in [5.41, 5.74) is 1.68. The van der Waals surface area contributed by atoms with Crippen LogP contribution in [-0.2, 0) is 18.4 Å². The van der Waals surface area contributed by atoms with Crippen LogP contribution in [0.25, 0.3) is 22.4 Å². The van der Waals surface area contributed by atoms with Crippen LogP contribution in [0.3, 0.4) is 0 Å². The van der Waals surface area contributed by atoms with Gasteiger partial charge < -0.3 is 5.32 Å². The van der Waals surface area contributed by atoms with Gasteiger partial charge in [-0.3, -0.25) is 23.9 Å². The summed E-state index contributed by atoms with van der Waals surface area (Å²) in [6, 6.07) is 7.27. The molecule has 2 N–H and O–H groups in total. The number of nitrogens with one attached hydrogen (secondary N) is 2. The van der Waals surface area contributed by atoms with Gasteiger partial charge in [0.1, 0.15) is 24.1 Å². The second kappa shape index (κ2) is 6.66. The van der Waals surface area contributed by atoms with Crippen LogP contribution >= 0.6 is 0 Å². The van der Waals surface area contributed by atoms with E-state index in [1.165, 1.54) is 21.8 Å². The van der Waals surface area contributed by atoms with Gasteiger partial charge in [0.15, 0.2) is 11.5 Å². The smallest absolute Gasteiger partial charge is 0.264 e. The minimum Gasteiger partial charge on any atom is -0.325 e. The van der Waals surface area contributed by atoms with Crippen molar-refractivity contribution in [3.8, 4) is 11.4 Å². The monoisotopic (exact) mass is 390 g/mol. The Labute approximate surface area is 164 Å². The number of carbonyl (C=O) groups excluding carboxylic acids is 1. The maximum absolute atomic E-state index is 12.5. The summed E-state index contributed by atoms with van der Waals surface area (Å²) in [7, 11) is 1.71. The van der Waals surface area contributed by atoms with Gasteiger partial charge in [-0.15, -0.1) is 0 Å². The van der Waals surface area contributed by atoms with Crippen LogP contribution < -0.4 is 10.9 Å². The number of hydrogen-bond acceptors (Lipinski definition) is 6. The Kier molecular flexibility index (Phi) is 3.97. The zero-order chi connectivity index (χ0) is 20.0. The molecule has 1 fully saturated rings. The van der Waals surface area contributed by atoms with E-state index in [2.05, 4.69) is 30.6 Å². The van der Waals surface area contributed by atoms with E-state index >= 15 is 0 Å². The summed E-state index contributed by atoms with van der Waals surface area (Å²) < 4.78 is 2.78. The van der Waals surface area contributed by atoms with Crippen molar-refractivity contribution in [2.24, 2.45) is 7.05 Å². The van der Waals surface area contributed by atoms with E-state index in [1.807, 2.05) is 12.1 Å². The number of aromatic amines is 1. The average molecular weight is 390 g/mol. The number of anilines is 1. The number of carbonyl (C=O) groups is 1. The highest BCUT2D eigenvalue weighted by atomic mass is 16.2. The van der Waals surface area contributed by atoms with Gasteiger partial charge in [-0.25, -0.2) is 9.97 Å². The lowest BCUT2D eigenvalue weighted by atomic mass is 10.2. The Bertz CT molecular complexity index is 1260. The quantitative estimate of drug-likeness (QED) is 0.531. The van der Waals surface area contributed by atoms with Crippen molar-refractivity contribution in [2.45, 2.75) is 25.3 Å². The minimum atomic E-state index is -0.321. The Morgan fingerprint density at radius 2 is 2.07 bits per heavy atom. The van der Waals surface area contributed by atoms with Gasteiger partial charge in [0.05, 0.1) is 6.20 Å². The zero-order valence-electron chi connectivity index (χ0n) is 15.7. The summed E-state index contributed by atoms with van der Waals surface area (Å²) >= 11 is 0. The van der Waals surface area contributed by atoms with Crippen LogP contribution in [-0.4, -0.2) is 40.4 Å². The van der Waals surface area contributed by atoms with Crippen LogP contribution in [0, 0.1) is 0 Å². The summed E-state index contributed by atoms with van der Waals surface area (Å²) in [4.78, 5) is 33.5. The van der Waals surface area contributed by atoms with Crippen molar-refractivity contribution >= 4 is 22.6 Å². The fourth-order valence-corrected chi connectivity index (χ4v) is 3.18. The molecule has 1 saturated carbocycles. The summed E-state index contributed by atoms with van der Waals surface area (Å²) in [5, 5.41) is 14.4. The van der Waals surface area contributed by atoms with Gasteiger partial charge in [0.25, 0.3) is 5.56 Å². The van der Waals surface area contributed by atoms with Crippen molar-refractivity contribution in [3.63, 3.8) is 0 Å². The average Bonchev–Trinajstić information content (AvgIpc) is 3.32. The molecule has 1 amide bonds. The fourth-order valence-electron chi connectivity index (χ4n) is 3.18. The molecule has 0 unspecified atom stereocenters. The van der Waals surface area contributed by atoms with Crippen molar-refractivity contribution in [1.29, 1.82) is 0 Å². The molecule has 3 aromatic heterocycles. The zero-order valence-corrected chi connectivity index (χ0v) is 15.7. The van der Waals surface area contributed by atoms with Gasteiger partial charge >= 0.3 is 0 Å². The number of amides is 1. The maximum atomic E-state index is 12.5. The Hall–Kier alpha value is -3.82. The first-order valence-electron chi connectivity index (χ1n) is 9.28. The van der Waals surface area contributed by atoms with Crippen LogP contribution in [0.5, 0.6) is 0 Å². The van der Waals surface area contributed by atoms with Crippen molar-refractivity contribution in [2.75, 3.05) is 5.32 Å². The molecule has 0 atom stereocenters. The summed E-state index contributed by atoms with van der Waals surface area (Å²) in [6.07, 6.45) is 5.13. The standard InChI is InChI=1S/C19H18N8O2/c1-26-18-14(8-21-26)19(29)27(10-20-18)9-15(28)22-13-6-4-12(5-7-13)17-23-16(24-25-17)11-2-3-11/h4-8,10-11H,2-3,9H2,1H3,(H,22,28)(H,23,24,25). The highest BCUT2D eigenvalue weighted by molar-refractivity contribution is 5.91. The van der Waals surface area contributed by atoms with Gasteiger partial charge in [0.2, 0.25) is 5.91 Å². The van der Waals surface area contributed by atoms with Gasteiger partial charge in [0, 0.05) is 24.2 Å². The topological polar surface area (TPSA) is 123 Å². The molecule has 5 rings (SSSR count). The van der Waals surface area contributed by atoms with E-state index in [-0.39, 0.29) is 18.0 Å². The van der Waals surface area contributed by atoms with E-state index in [0.717, 1.165) is 24.2 Å². The van der Waals surface area contributed by atoms with Crippen molar-refractivity contribution in [1.82, 2.24) is 34.5 Å². The Morgan fingerprint density at radius 1 is 1.28 bits per heavy atom. The van der Waals surface area contributed by atoms with Crippen molar-refractivity contribution < 1.29 is 4.79 Å². The first-order chi connectivity index (χ1) is 14.1. The highest BCUT2D eigenvalue weighted by Crippen LogP contribution is 2.38. The second-order valence-electron chi connectivity index (χ2n) is 7.13. The lowest BCUT2D eigenvalue weighted by Crippen LogP contribution is -2.27. The molecule has 1 aliphatic carbocycles. The predicted molar refractivity (Wildman–Crippen MR) is 105 cm³/mol. The molecule has 0 aliphatic heterocycles. The molecular weight excluding hydrogens is 372 g/mol. The van der Waals surface area contributed by atoms with Crippen LogP contribution in [0.2, 0.25) is 0 Å². The molecule has 1 aliphatic rings. The van der Waals surface area contributed by atoms with E-state index in [0.29, 0.717) is 28.5 Å². The van der Waals surface area contributed by atoms with E-state index in [9.17, 15) is 9.59 Å². The van der Waals surface area contributed by atoms with Gasteiger partial charge in [-0.05, 0) is 37.1 Å². The molecule has 0 radical (unpaired) electrons. The summed E-state index contributed by atoms with van der Waals surface area (Å²) in [6.45, 7) is -0.135. The highest BCUT2D eigenvalue weighted by Gasteiger charge is 2.27.